The number of piperidine rings is 1. The first-order chi connectivity index (χ1) is 23.0. The molecule has 6 rings (SSSR count). The summed E-state index contributed by atoms with van der Waals surface area (Å²) in [6.45, 7) is 3.82. The molecule has 0 saturated carbocycles. The van der Waals surface area contributed by atoms with E-state index in [-0.39, 0.29) is 36.9 Å². The fraction of sp³-hybridized carbons (Fsp3) is 0.500. The highest BCUT2D eigenvalue weighted by Gasteiger charge is 2.33. The molecule has 3 aliphatic heterocycles. The van der Waals surface area contributed by atoms with Crippen LogP contribution in [0.4, 0.5) is 10.7 Å². The summed E-state index contributed by atoms with van der Waals surface area (Å²) in [5, 5.41) is 9.45. The third-order valence-electron chi connectivity index (χ3n) is 9.51. The van der Waals surface area contributed by atoms with Gasteiger partial charge in [0.2, 0.25) is 11.9 Å². The van der Waals surface area contributed by atoms with Gasteiger partial charge in [0.1, 0.15) is 17.5 Å². The predicted octanol–water partition coefficient (Wildman–Crippen LogP) is -0.0379. The molecule has 3 aromatic rings. The molecule has 0 bridgehead atoms. The summed E-state index contributed by atoms with van der Waals surface area (Å²) < 4.78 is 16.0. The highest BCUT2D eigenvalue weighted by Crippen LogP contribution is 2.38. The van der Waals surface area contributed by atoms with Gasteiger partial charge in [-0.25, -0.2) is 9.59 Å². The molecule has 1 aromatic carbocycles. The molecule has 5 heterocycles. The monoisotopic (exact) mass is 663 g/mol. The lowest BCUT2D eigenvalue weighted by atomic mass is 9.91. The molecule has 0 spiro atoms. The Hall–Kier alpha value is -5.12. The standard InChI is InChI=1S/C32H41N9O7/c1-33-31(45)40-9-8-20-21(16-36(2)29(44)22(20)18-40)19-14-25(47-4)23(26(15-19)48-5)17-38-10-12-39(13-11-38)30-35-41(32(46)37(30)3)24-6-7-27(42)34-28(24)43/h14-16,24H,6-13,17-18H2,1-5H3,(H,33,45)(H,34,42,43). The number of ether oxygens (including phenoxy) is 2. The molecular formula is C32H41N9O7. The van der Waals surface area contributed by atoms with E-state index in [0.29, 0.717) is 68.7 Å². The second kappa shape index (κ2) is 13.2. The number of fused-ring (bicyclic) bond motifs is 1. The van der Waals surface area contributed by atoms with Crippen LogP contribution in [0.2, 0.25) is 0 Å². The zero-order valence-electron chi connectivity index (χ0n) is 27.9. The van der Waals surface area contributed by atoms with Crippen LogP contribution in [-0.4, -0.2) is 101 Å². The van der Waals surface area contributed by atoms with Crippen LogP contribution in [0.15, 0.2) is 27.9 Å². The summed E-state index contributed by atoms with van der Waals surface area (Å²) in [5.74, 6) is 0.926. The zero-order chi connectivity index (χ0) is 34.3. The van der Waals surface area contributed by atoms with Crippen molar-refractivity contribution in [1.82, 2.24) is 39.3 Å². The highest BCUT2D eigenvalue weighted by molar-refractivity contribution is 5.99. The number of amides is 4. The maximum atomic E-state index is 13.1. The topological polar surface area (TPSA) is 165 Å². The molecule has 1 unspecified atom stereocenters. The van der Waals surface area contributed by atoms with Gasteiger partial charge < -0.3 is 29.2 Å². The van der Waals surface area contributed by atoms with Crippen molar-refractivity contribution >= 4 is 23.8 Å². The van der Waals surface area contributed by atoms with Crippen LogP contribution in [0, 0.1) is 0 Å². The molecule has 4 amide bonds. The summed E-state index contributed by atoms with van der Waals surface area (Å²) in [4.78, 5) is 68.4. The Bertz CT molecular complexity index is 1860. The number of imide groups is 1. The average Bonchev–Trinajstić information content (AvgIpc) is 3.39. The smallest absolute Gasteiger partial charge is 0.347 e. The van der Waals surface area contributed by atoms with Crippen molar-refractivity contribution in [1.29, 1.82) is 0 Å². The Morgan fingerprint density at radius 3 is 2.29 bits per heavy atom. The number of anilines is 1. The number of benzene rings is 1. The highest BCUT2D eigenvalue weighted by atomic mass is 16.5. The molecule has 0 aliphatic carbocycles. The third-order valence-corrected chi connectivity index (χ3v) is 9.51. The van der Waals surface area contributed by atoms with Crippen LogP contribution in [0.1, 0.15) is 35.6 Å². The van der Waals surface area contributed by atoms with Crippen molar-refractivity contribution in [3.05, 3.63) is 55.9 Å². The van der Waals surface area contributed by atoms with Crippen LogP contribution < -0.4 is 36.3 Å². The number of pyridine rings is 1. The molecule has 2 N–H and O–H groups in total. The van der Waals surface area contributed by atoms with Crippen LogP contribution in [0.25, 0.3) is 11.1 Å². The zero-order valence-corrected chi connectivity index (χ0v) is 27.9. The summed E-state index contributed by atoms with van der Waals surface area (Å²) in [7, 11) is 8.17. The van der Waals surface area contributed by atoms with Gasteiger partial charge >= 0.3 is 11.7 Å². The van der Waals surface area contributed by atoms with Gasteiger partial charge in [-0.2, -0.15) is 4.68 Å². The SMILES string of the molecule is CNC(=O)N1CCc2c(-c3cc(OC)c(CN4CCN(c5nn(C6CCC(=O)NC6=O)c(=O)n5C)CC4)c(OC)c3)cn(C)c(=O)c2C1. The number of nitrogens with zero attached hydrogens (tertiary/aromatic N) is 7. The Morgan fingerprint density at radius 2 is 1.67 bits per heavy atom. The number of aryl methyl sites for hydroxylation is 1. The van der Waals surface area contributed by atoms with E-state index in [4.69, 9.17) is 9.47 Å². The Kier molecular flexibility index (Phi) is 9.01. The second-order valence-electron chi connectivity index (χ2n) is 12.3. The van der Waals surface area contributed by atoms with E-state index in [1.807, 2.05) is 23.2 Å². The van der Waals surface area contributed by atoms with Gasteiger partial charge in [0.15, 0.2) is 0 Å². The van der Waals surface area contributed by atoms with Crippen LogP contribution in [0.3, 0.4) is 0 Å². The number of carbonyl (C=O) groups excluding carboxylic acids is 3. The van der Waals surface area contributed by atoms with Crippen molar-refractivity contribution in [2.24, 2.45) is 14.1 Å². The van der Waals surface area contributed by atoms with Crippen LogP contribution in [0.5, 0.6) is 11.5 Å². The van der Waals surface area contributed by atoms with Crippen molar-refractivity contribution in [2.45, 2.75) is 38.4 Å². The number of nitrogens with one attached hydrogen (secondary N) is 2. The predicted molar refractivity (Wildman–Crippen MR) is 175 cm³/mol. The number of urea groups is 1. The number of piperazine rings is 1. The average molecular weight is 664 g/mol. The molecule has 3 aliphatic rings. The molecule has 1 atom stereocenters. The van der Waals surface area contributed by atoms with Gasteiger partial charge in [-0.15, -0.1) is 5.10 Å². The Morgan fingerprint density at radius 1 is 0.979 bits per heavy atom. The van der Waals surface area contributed by atoms with Crippen LogP contribution in [-0.2, 0) is 43.2 Å². The minimum absolute atomic E-state index is 0.125. The van der Waals surface area contributed by atoms with Crippen molar-refractivity contribution < 1.29 is 23.9 Å². The van der Waals surface area contributed by atoms with Gasteiger partial charge in [0, 0.05) is 84.2 Å². The van der Waals surface area contributed by atoms with Crippen LogP contribution >= 0.6 is 0 Å². The molecule has 16 nitrogen and oxygen atoms in total. The van der Waals surface area contributed by atoms with E-state index < -0.39 is 17.6 Å². The Labute approximate surface area is 276 Å². The molecular weight excluding hydrogens is 622 g/mol. The van der Waals surface area contributed by atoms with Crippen molar-refractivity contribution in [3.63, 3.8) is 0 Å². The lowest BCUT2D eigenvalue weighted by molar-refractivity contribution is -0.136. The van der Waals surface area contributed by atoms with Crippen molar-refractivity contribution in [2.75, 3.05) is 58.9 Å². The largest absolute Gasteiger partial charge is 0.496 e. The molecule has 0 radical (unpaired) electrons. The van der Waals surface area contributed by atoms with Gasteiger partial charge in [-0.1, -0.05) is 0 Å². The number of carbonyl (C=O) groups is 3. The van der Waals surface area contributed by atoms with E-state index in [0.717, 1.165) is 22.3 Å². The molecule has 2 saturated heterocycles. The Balaban J connectivity index is 1.21. The first-order valence-corrected chi connectivity index (χ1v) is 15.9. The van der Waals surface area contributed by atoms with E-state index in [1.54, 1.807) is 44.8 Å². The third kappa shape index (κ3) is 5.91. The number of hydrogen-bond acceptors (Lipinski definition) is 10. The van der Waals surface area contributed by atoms with Gasteiger partial charge in [0.05, 0.1) is 26.3 Å². The lowest BCUT2D eigenvalue weighted by Crippen LogP contribution is -2.47. The number of methoxy groups -OCH3 is 2. The van der Waals surface area contributed by atoms with E-state index >= 15 is 0 Å². The van der Waals surface area contributed by atoms with Crippen molar-refractivity contribution in [3.8, 4) is 22.6 Å². The minimum Gasteiger partial charge on any atom is -0.496 e. The maximum absolute atomic E-state index is 13.1. The summed E-state index contributed by atoms with van der Waals surface area (Å²) in [6.07, 6.45) is 2.77. The summed E-state index contributed by atoms with van der Waals surface area (Å²) >= 11 is 0. The van der Waals surface area contributed by atoms with E-state index in [1.165, 1.54) is 9.25 Å². The summed E-state index contributed by atoms with van der Waals surface area (Å²) in [5.41, 5.74) is 3.62. The van der Waals surface area contributed by atoms with Gasteiger partial charge in [-0.05, 0) is 36.1 Å². The van der Waals surface area contributed by atoms with Gasteiger partial charge in [0.25, 0.3) is 11.5 Å². The van der Waals surface area contributed by atoms with Gasteiger partial charge in [-0.3, -0.25) is 29.2 Å². The molecule has 16 heteroatoms. The lowest BCUT2D eigenvalue weighted by Gasteiger charge is -2.35. The first-order valence-electron chi connectivity index (χ1n) is 15.9. The molecule has 2 aromatic heterocycles. The van der Waals surface area contributed by atoms with E-state index in [9.17, 15) is 24.0 Å². The fourth-order valence-electron chi connectivity index (χ4n) is 6.84. The molecule has 2 fully saturated rings. The second-order valence-corrected chi connectivity index (χ2v) is 12.3. The number of hydrogen-bond donors (Lipinski definition) is 2. The van der Waals surface area contributed by atoms with E-state index in [2.05, 4.69) is 20.6 Å². The molecule has 256 valence electrons. The first kappa shape index (κ1) is 32.8. The maximum Gasteiger partial charge on any atom is 0.347 e. The normalized spacial score (nSPS) is 18.4. The fourth-order valence-corrected chi connectivity index (χ4v) is 6.84. The minimum atomic E-state index is -0.817. The number of rotatable bonds is 7. The molecule has 48 heavy (non-hydrogen) atoms. The quantitative estimate of drug-likeness (QED) is 0.328. The summed E-state index contributed by atoms with van der Waals surface area (Å²) in [6, 6.07) is 2.91. The number of aromatic nitrogens is 4.